The molecule has 1 rings (SSSR count). The SMILES string of the molecule is Cc1cc([C@@H](C)N)ccc1[N+](=O)[O-]. The summed E-state index contributed by atoms with van der Waals surface area (Å²) < 4.78 is 0. The molecule has 0 aliphatic heterocycles. The molecule has 0 aliphatic carbocycles. The molecule has 0 spiro atoms. The fourth-order valence-electron chi connectivity index (χ4n) is 1.17. The third kappa shape index (κ3) is 2.03. The van der Waals surface area contributed by atoms with Gasteiger partial charge in [-0.25, -0.2) is 0 Å². The minimum absolute atomic E-state index is 0.0838. The molecule has 1 aromatic rings. The molecule has 0 radical (unpaired) electrons. The maximum absolute atomic E-state index is 10.5. The van der Waals surface area contributed by atoms with Crippen molar-refractivity contribution in [3.63, 3.8) is 0 Å². The van der Waals surface area contributed by atoms with E-state index >= 15 is 0 Å². The van der Waals surface area contributed by atoms with E-state index in [1.54, 1.807) is 19.1 Å². The molecule has 13 heavy (non-hydrogen) atoms. The molecule has 0 saturated heterocycles. The first-order valence-corrected chi connectivity index (χ1v) is 4.03. The Morgan fingerprint density at radius 1 is 1.54 bits per heavy atom. The number of aryl methyl sites for hydroxylation is 1. The Morgan fingerprint density at radius 3 is 2.54 bits per heavy atom. The summed E-state index contributed by atoms with van der Waals surface area (Å²) >= 11 is 0. The highest BCUT2D eigenvalue weighted by Crippen LogP contribution is 2.21. The van der Waals surface area contributed by atoms with E-state index in [4.69, 9.17) is 5.73 Å². The van der Waals surface area contributed by atoms with Crippen molar-refractivity contribution in [1.82, 2.24) is 0 Å². The van der Waals surface area contributed by atoms with E-state index in [1.807, 2.05) is 6.92 Å². The molecule has 4 nitrogen and oxygen atoms in total. The number of nitro benzene ring substituents is 1. The van der Waals surface area contributed by atoms with Gasteiger partial charge in [0, 0.05) is 17.7 Å². The average Bonchev–Trinajstić information content (AvgIpc) is 2.03. The topological polar surface area (TPSA) is 69.2 Å². The maximum atomic E-state index is 10.5. The summed E-state index contributed by atoms with van der Waals surface area (Å²) in [5, 5.41) is 10.5. The Bertz CT molecular complexity index is 334. The Balaban J connectivity index is 3.13. The van der Waals surface area contributed by atoms with E-state index < -0.39 is 0 Å². The lowest BCUT2D eigenvalue weighted by molar-refractivity contribution is -0.385. The fourth-order valence-corrected chi connectivity index (χ4v) is 1.17. The largest absolute Gasteiger partial charge is 0.324 e. The molecule has 1 atom stereocenters. The number of benzene rings is 1. The van der Waals surface area contributed by atoms with Crippen molar-refractivity contribution >= 4 is 5.69 Å². The summed E-state index contributed by atoms with van der Waals surface area (Å²) in [6.45, 7) is 3.56. The van der Waals surface area contributed by atoms with Crippen LogP contribution < -0.4 is 5.73 Å². The van der Waals surface area contributed by atoms with Gasteiger partial charge >= 0.3 is 0 Å². The molecule has 2 N–H and O–H groups in total. The van der Waals surface area contributed by atoms with Crippen LogP contribution in [-0.4, -0.2) is 4.92 Å². The van der Waals surface area contributed by atoms with Gasteiger partial charge in [-0.05, 0) is 25.5 Å². The number of nitrogens with two attached hydrogens (primary N) is 1. The average molecular weight is 180 g/mol. The third-order valence-corrected chi connectivity index (χ3v) is 1.94. The maximum Gasteiger partial charge on any atom is 0.272 e. The zero-order valence-electron chi connectivity index (χ0n) is 7.65. The van der Waals surface area contributed by atoms with Crippen LogP contribution in [0.25, 0.3) is 0 Å². The van der Waals surface area contributed by atoms with E-state index in [0.717, 1.165) is 5.56 Å². The normalized spacial score (nSPS) is 12.5. The molecule has 0 unspecified atom stereocenters. The summed E-state index contributed by atoms with van der Waals surface area (Å²) in [5.74, 6) is 0. The standard InChI is InChI=1S/C9H12N2O2/c1-6-5-8(7(2)10)3-4-9(6)11(12)13/h3-5,7H,10H2,1-2H3/t7-/m1/s1. The summed E-state index contributed by atoms with van der Waals surface area (Å²) in [6.07, 6.45) is 0. The van der Waals surface area contributed by atoms with Crippen molar-refractivity contribution in [2.45, 2.75) is 19.9 Å². The van der Waals surface area contributed by atoms with Crippen molar-refractivity contribution in [1.29, 1.82) is 0 Å². The predicted octanol–water partition coefficient (Wildman–Crippen LogP) is 1.92. The van der Waals surface area contributed by atoms with Gasteiger partial charge < -0.3 is 5.73 Å². The van der Waals surface area contributed by atoms with Crippen LogP contribution in [0.1, 0.15) is 24.1 Å². The minimum atomic E-state index is -0.389. The second-order valence-corrected chi connectivity index (χ2v) is 3.09. The zero-order chi connectivity index (χ0) is 10.0. The fraction of sp³-hybridized carbons (Fsp3) is 0.333. The molecular formula is C9H12N2O2. The Morgan fingerprint density at radius 2 is 2.15 bits per heavy atom. The van der Waals surface area contributed by atoms with E-state index in [-0.39, 0.29) is 16.7 Å². The van der Waals surface area contributed by atoms with Gasteiger partial charge in [0.2, 0.25) is 0 Å². The molecule has 0 amide bonds. The smallest absolute Gasteiger partial charge is 0.272 e. The van der Waals surface area contributed by atoms with Gasteiger partial charge in [0.15, 0.2) is 0 Å². The Labute approximate surface area is 76.5 Å². The molecular weight excluding hydrogens is 168 g/mol. The number of rotatable bonds is 2. The summed E-state index contributed by atoms with van der Waals surface area (Å²) in [7, 11) is 0. The molecule has 0 aliphatic rings. The van der Waals surface area contributed by atoms with Gasteiger partial charge in [-0.2, -0.15) is 0 Å². The van der Waals surface area contributed by atoms with E-state index in [0.29, 0.717) is 5.56 Å². The van der Waals surface area contributed by atoms with Crippen LogP contribution in [-0.2, 0) is 0 Å². The van der Waals surface area contributed by atoms with Crippen molar-refractivity contribution in [2.75, 3.05) is 0 Å². The van der Waals surface area contributed by atoms with Gasteiger partial charge in [0.05, 0.1) is 4.92 Å². The van der Waals surface area contributed by atoms with Crippen LogP contribution in [0.4, 0.5) is 5.69 Å². The molecule has 0 bridgehead atoms. The first kappa shape index (κ1) is 9.67. The summed E-state index contributed by atoms with van der Waals surface area (Å²) in [5.41, 5.74) is 7.35. The molecule has 0 aromatic heterocycles. The Kier molecular flexibility index (Phi) is 2.63. The quantitative estimate of drug-likeness (QED) is 0.558. The van der Waals surface area contributed by atoms with Gasteiger partial charge in [0.25, 0.3) is 5.69 Å². The molecule has 0 heterocycles. The second kappa shape index (κ2) is 3.53. The van der Waals surface area contributed by atoms with Crippen LogP contribution in [0.5, 0.6) is 0 Å². The second-order valence-electron chi connectivity index (χ2n) is 3.09. The predicted molar refractivity (Wildman–Crippen MR) is 50.4 cm³/mol. The summed E-state index contributed by atoms with van der Waals surface area (Å²) in [6, 6.07) is 4.85. The number of nitro groups is 1. The zero-order valence-corrected chi connectivity index (χ0v) is 7.65. The van der Waals surface area contributed by atoms with Crippen LogP contribution in [0.15, 0.2) is 18.2 Å². The van der Waals surface area contributed by atoms with Crippen LogP contribution >= 0.6 is 0 Å². The first-order chi connectivity index (χ1) is 6.02. The Hall–Kier alpha value is -1.42. The van der Waals surface area contributed by atoms with Crippen LogP contribution in [0.3, 0.4) is 0 Å². The monoisotopic (exact) mass is 180 g/mol. The lowest BCUT2D eigenvalue weighted by Crippen LogP contribution is -2.05. The van der Waals surface area contributed by atoms with E-state index in [9.17, 15) is 10.1 Å². The molecule has 0 saturated carbocycles. The summed E-state index contributed by atoms with van der Waals surface area (Å²) in [4.78, 5) is 10.1. The molecule has 4 heteroatoms. The van der Waals surface area contributed by atoms with Gasteiger partial charge in [-0.1, -0.05) is 6.07 Å². The molecule has 70 valence electrons. The highest BCUT2D eigenvalue weighted by atomic mass is 16.6. The van der Waals surface area contributed by atoms with E-state index in [2.05, 4.69) is 0 Å². The lowest BCUT2D eigenvalue weighted by atomic mass is 10.1. The van der Waals surface area contributed by atoms with Crippen LogP contribution in [0, 0.1) is 17.0 Å². The third-order valence-electron chi connectivity index (χ3n) is 1.94. The lowest BCUT2D eigenvalue weighted by Gasteiger charge is -2.05. The van der Waals surface area contributed by atoms with Gasteiger partial charge in [0.1, 0.15) is 0 Å². The first-order valence-electron chi connectivity index (χ1n) is 4.03. The van der Waals surface area contributed by atoms with Crippen molar-refractivity contribution in [3.05, 3.63) is 39.4 Å². The van der Waals surface area contributed by atoms with Crippen molar-refractivity contribution in [2.24, 2.45) is 5.73 Å². The van der Waals surface area contributed by atoms with Crippen molar-refractivity contribution in [3.8, 4) is 0 Å². The highest BCUT2D eigenvalue weighted by molar-refractivity contribution is 5.42. The minimum Gasteiger partial charge on any atom is -0.324 e. The molecule has 1 aromatic carbocycles. The number of hydrogen-bond acceptors (Lipinski definition) is 3. The van der Waals surface area contributed by atoms with Gasteiger partial charge in [-0.3, -0.25) is 10.1 Å². The molecule has 0 fully saturated rings. The van der Waals surface area contributed by atoms with Gasteiger partial charge in [-0.15, -0.1) is 0 Å². The van der Waals surface area contributed by atoms with Crippen LogP contribution in [0.2, 0.25) is 0 Å². The number of hydrogen-bond donors (Lipinski definition) is 1. The number of nitrogens with zero attached hydrogens (tertiary/aromatic N) is 1. The van der Waals surface area contributed by atoms with E-state index in [1.165, 1.54) is 6.07 Å². The highest BCUT2D eigenvalue weighted by Gasteiger charge is 2.10. The van der Waals surface area contributed by atoms with Crippen molar-refractivity contribution < 1.29 is 4.92 Å².